The molecule has 2 N–H and O–H groups in total. The summed E-state index contributed by atoms with van der Waals surface area (Å²) < 4.78 is 0. The van der Waals surface area contributed by atoms with Crippen molar-refractivity contribution in [1.82, 2.24) is 4.98 Å². The molecule has 1 aromatic carbocycles. The van der Waals surface area contributed by atoms with Gasteiger partial charge in [-0.2, -0.15) is 0 Å². The maximum Gasteiger partial charge on any atom is 0.124 e. The van der Waals surface area contributed by atoms with Gasteiger partial charge in [0.25, 0.3) is 0 Å². The minimum atomic E-state index is 0. The first-order valence-corrected chi connectivity index (χ1v) is 5.76. The van der Waals surface area contributed by atoms with E-state index in [1.165, 1.54) is 10.4 Å². The van der Waals surface area contributed by atoms with Gasteiger partial charge in [-0.05, 0) is 19.4 Å². The molecule has 0 fully saturated rings. The first-order chi connectivity index (χ1) is 7.22. The molecule has 2 aromatic rings. The molecule has 0 spiro atoms. The summed E-state index contributed by atoms with van der Waals surface area (Å²) >= 11 is 1.73. The van der Waals surface area contributed by atoms with Gasteiger partial charge in [-0.3, -0.25) is 0 Å². The molecule has 0 saturated carbocycles. The molecule has 0 atom stereocenters. The lowest BCUT2D eigenvalue weighted by Crippen LogP contribution is -1.98. The molecular weight excluding hydrogens is 275 g/mol. The Kier molecular flexibility index (Phi) is 6.72. The third-order valence-corrected chi connectivity index (χ3v) is 3.60. The van der Waals surface area contributed by atoms with E-state index in [0.717, 1.165) is 16.3 Å². The number of aryl methyl sites for hydroxylation is 2. The van der Waals surface area contributed by atoms with Gasteiger partial charge in [0.2, 0.25) is 0 Å². The van der Waals surface area contributed by atoms with Gasteiger partial charge < -0.3 is 5.73 Å². The predicted octanol–water partition coefficient (Wildman–Crippen LogP) is 3.73. The summed E-state index contributed by atoms with van der Waals surface area (Å²) in [5.74, 6) is 0. The molecule has 1 aromatic heterocycles. The molecule has 0 bridgehead atoms. The van der Waals surface area contributed by atoms with Crippen molar-refractivity contribution < 1.29 is 0 Å². The van der Waals surface area contributed by atoms with E-state index in [1.54, 1.807) is 11.3 Å². The van der Waals surface area contributed by atoms with Gasteiger partial charge in [-0.25, -0.2) is 4.98 Å². The Morgan fingerprint density at radius 2 is 1.82 bits per heavy atom. The molecule has 2 nitrogen and oxygen atoms in total. The van der Waals surface area contributed by atoms with E-state index in [-0.39, 0.29) is 24.8 Å². The van der Waals surface area contributed by atoms with Gasteiger partial charge in [-0.15, -0.1) is 36.2 Å². The zero-order chi connectivity index (χ0) is 10.8. The molecule has 0 aliphatic rings. The number of benzene rings is 1. The van der Waals surface area contributed by atoms with Crippen LogP contribution in [-0.4, -0.2) is 4.98 Å². The number of rotatable bonds is 2. The van der Waals surface area contributed by atoms with Crippen molar-refractivity contribution >= 4 is 36.2 Å². The number of aromatic nitrogens is 1. The SMILES string of the molecule is Cc1nc(-c2ccccc2CN)sc1C.Cl.Cl. The van der Waals surface area contributed by atoms with Crippen molar-refractivity contribution in [3.8, 4) is 10.6 Å². The molecular formula is C12H16Cl2N2S. The molecule has 0 aliphatic heterocycles. The largest absolute Gasteiger partial charge is 0.326 e. The van der Waals surface area contributed by atoms with E-state index in [2.05, 4.69) is 24.0 Å². The van der Waals surface area contributed by atoms with Crippen LogP contribution < -0.4 is 5.73 Å². The van der Waals surface area contributed by atoms with Gasteiger partial charge in [0.15, 0.2) is 0 Å². The molecule has 1 heterocycles. The van der Waals surface area contributed by atoms with Gasteiger partial charge in [0.1, 0.15) is 5.01 Å². The van der Waals surface area contributed by atoms with E-state index >= 15 is 0 Å². The van der Waals surface area contributed by atoms with Crippen molar-refractivity contribution in [3.05, 3.63) is 40.4 Å². The second-order valence-corrected chi connectivity index (χ2v) is 4.73. The standard InChI is InChI=1S/C12H14N2S.2ClH/c1-8-9(2)15-12(14-8)11-6-4-3-5-10(11)7-13;;/h3-6H,7,13H2,1-2H3;2*1H. The molecule has 0 amide bonds. The molecule has 0 aliphatic carbocycles. The maximum absolute atomic E-state index is 5.71. The topological polar surface area (TPSA) is 38.9 Å². The Bertz CT molecular complexity index is 464. The summed E-state index contributed by atoms with van der Waals surface area (Å²) in [6, 6.07) is 8.18. The smallest absolute Gasteiger partial charge is 0.124 e. The number of nitrogens with zero attached hydrogens (tertiary/aromatic N) is 1. The average molecular weight is 291 g/mol. The Labute approximate surface area is 118 Å². The fourth-order valence-electron chi connectivity index (χ4n) is 1.49. The van der Waals surface area contributed by atoms with Gasteiger partial charge in [-0.1, -0.05) is 24.3 Å². The number of nitrogens with two attached hydrogens (primary N) is 1. The van der Waals surface area contributed by atoms with E-state index in [0.29, 0.717) is 6.54 Å². The summed E-state index contributed by atoms with van der Waals surface area (Å²) in [6.45, 7) is 4.70. The summed E-state index contributed by atoms with van der Waals surface area (Å²) in [5, 5.41) is 1.08. The van der Waals surface area contributed by atoms with Crippen LogP contribution in [0.2, 0.25) is 0 Å². The Morgan fingerprint density at radius 1 is 1.18 bits per heavy atom. The molecule has 94 valence electrons. The Hall–Kier alpha value is -0.610. The predicted molar refractivity (Wildman–Crippen MR) is 79.4 cm³/mol. The summed E-state index contributed by atoms with van der Waals surface area (Å²) in [4.78, 5) is 5.83. The molecule has 2 rings (SSSR count). The van der Waals surface area contributed by atoms with E-state index in [4.69, 9.17) is 5.73 Å². The minimum Gasteiger partial charge on any atom is -0.326 e. The van der Waals surface area contributed by atoms with Crippen LogP contribution >= 0.6 is 36.2 Å². The van der Waals surface area contributed by atoms with Crippen LogP contribution in [0.15, 0.2) is 24.3 Å². The number of hydrogen-bond donors (Lipinski definition) is 1. The van der Waals surface area contributed by atoms with Crippen LogP contribution in [0, 0.1) is 13.8 Å². The highest BCUT2D eigenvalue weighted by molar-refractivity contribution is 7.15. The first kappa shape index (κ1) is 16.4. The van der Waals surface area contributed by atoms with E-state index in [9.17, 15) is 0 Å². The second kappa shape index (κ2) is 6.97. The van der Waals surface area contributed by atoms with Crippen LogP contribution in [0.1, 0.15) is 16.1 Å². The van der Waals surface area contributed by atoms with Crippen molar-refractivity contribution in [2.24, 2.45) is 5.73 Å². The summed E-state index contributed by atoms with van der Waals surface area (Å²) in [6.07, 6.45) is 0. The van der Waals surface area contributed by atoms with E-state index < -0.39 is 0 Å². The lowest BCUT2D eigenvalue weighted by molar-refractivity contribution is 1.07. The monoisotopic (exact) mass is 290 g/mol. The lowest BCUT2D eigenvalue weighted by Gasteiger charge is -2.03. The highest BCUT2D eigenvalue weighted by Gasteiger charge is 2.08. The molecule has 5 heteroatoms. The van der Waals surface area contributed by atoms with Gasteiger partial charge in [0, 0.05) is 17.0 Å². The quantitative estimate of drug-likeness (QED) is 0.915. The fourth-order valence-corrected chi connectivity index (χ4v) is 2.47. The van der Waals surface area contributed by atoms with Crippen molar-refractivity contribution in [2.45, 2.75) is 20.4 Å². The first-order valence-electron chi connectivity index (χ1n) is 4.94. The van der Waals surface area contributed by atoms with E-state index in [1.807, 2.05) is 19.1 Å². The Balaban J connectivity index is 0.00000128. The molecule has 0 saturated heterocycles. The maximum atomic E-state index is 5.71. The summed E-state index contributed by atoms with van der Waals surface area (Å²) in [7, 11) is 0. The normalized spacial score (nSPS) is 9.35. The van der Waals surface area contributed by atoms with Crippen LogP contribution in [0.4, 0.5) is 0 Å². The molecule has 17 heavy (non-hydrogen) atoms. The third kappa shape index (κ3) is 3.42. The highest BCUT2D eigenvalue weighted by Crippen LogP contribution is 2.29. The van der Waals surface area contributed by atoms with Crippen molar-refractivity contribution in [2.75, 3.05) is 0 Å². The number of hydrogen-bond acceptors (Lipinski definition) is 3. The minimum absolute atomic E-state index is 0. The third-order valence-electron chi connectivity index (χ3n) is 2.50. The van der Waals surface area contributed by atoms with Gasteiger partial charge >= 0.3 is 0 Å². The zero-order valence-electron chi connectivity index (χ0n) is 9.77. The summed E-state index contributed by atoms with van der Waals surface area (Å²) in [5.41, 5.74) is 9.15. The number of thiazole rings is 1. The van der Waals surface area contributed by atoms with Crippen LogP contribution in [-0.2, 0) is 6.54 Å². The van der Waals surface area contributed by atoms with Crippen LogP contribution in [0.25, 0.3) is 10.6 Å². The van der Waals surface area contributed by atoms with Crippen LogP contribution in [0.5, 0.6) is 0 Å². The van der Waals surface area contributed by atoms with Crippen LogP contribution in [0.3, 0.4) is 0 Å². The second-order valence-electron chi connectivity index (χ2n) is 3.52. The van der Waals surface area contributed by atoms with Crippen molar-refractivity contribution in [3.63, 3.8) is 0 Å². The highest BCUT2D eigenvalue weighted by atomic mass is 35.5. The van der Waals surface area contributed by atoms with Gasteiger partial charge in [0.05, 0.1) is 5.69 Å². The molecule has 0 unspecified atom stereocenters. The zero-order valence-corrected chi connectivity index (χ0v) is 12.2. The van der Waals surface area contributed by atoms with Crippen molar-refractivity contribution in [1.29, 1.82) is 0 Å². The molecule has 0 radical (unpaired) electrons. The fraction of sp³-hybridized carbons (Fsp3) is 0.250. The average Bonchev–Trinajstić information content (AvgIpc) is 2.59. The lowest BCUT2D eigenvalue weighted by atomic mass is 10.1. The number of halogens is 2. The Morgan fingerprint density at radius 3 is 2.35 bits per heavy atom.